The monoisotopic (exact) mass is 362 g/mol. The third-order valence-electron chi connectivity index (χ3n) is 2.53. The summed E-state index contributed by atoms with van der Waals surface area (Å²) < 4.78 is 1.13. The van der Waals surface area contributed by atoms with E-state index in [-0.39, 0.29) is 12.6 Å². The van der Waals surface area contributed by atoms with E-state index < -0.39 is 0 Å². The van der Waals surface area contributed by atoms with Crippen molar-refractivity contribution in [3.8, 4) is 0 Å². The summed E-state index contributed by atoms with van der Waals surface area (Å²) in [4.78, 5) is 13.6. The first-order valence-corrected chi connectivity index (χ1v) is 7.17. The van der Waals surface area contributed by atoms with Gasteiger partial charge < -0.3 is 15.3 Å². The fraction of sp³-hybridized carbons (Fsp3) is 0.462. The summed E-state index contributed by atoms with van der Waals surface area (Å²) in [7, 11) is 0. The van der Waals surface area contributed by atoms with Gasteiger partial charge in [0.05, 0.1) is 6.61 Å². The molecule has 0 unspecified atom stereocenters. The van der Waals surface area contributed by atoms with Crippen molar-refractivity contribution in [2.75, 3.05) is 25.0 Å². The van der Waals surface area contributed by atoms with Crippen LogP contribution in [0, 0.1) is 3.57 Å². The first kappa shape index (κ1) is 15.2. The van der Waals surface area contributed by atoms with Gasteiger partial charge in [0.2, 0.25) is 0 Å². The molecular weight excluding hydrogens is 343 g/mol. The molecule has 0 bridgehead atoms. The van der Waals surface area contributed by atoms with Crippen LogP contribution in [0.4, 0.5) is 10.5 Å². The molecule has 2 N–H and O–H groups in total. The van der Waals surface area contributed by atoms with Crippen LogP contribution in [0.2, 0.25) is 0 Å². The van der Waals surface area contributed by atoms with Crippen molar-refractivity contribution in [1.82, 2.24) is 4.90 Å². The Kier molecular flexibility index (Phi) is 7.04. The van der Waals surface area contributed by atoms with Gasteiger partial charge in [0.1, 0.15) is 0 Å². The van der Waals surface area contributed by atoms with Gasteiger partial charge in [-0.1, -0.05) is 13.3 Å². The van der Waals surface area contributed by atoms with E-state index in [9.17, 15) is 4.79 Å². The predicted octanol–water partition coefficient (Wildman–Crippen LogP) is 2.92. The molecule has 1 aromatic rings. The zero-order chi connectivity index (χ0) is 13.4. The third kappa shape index (κ3) is 5.22. The second kappa shape index (κ2) is 8.31. The zero-order valence-electron chi connectivity index (χ0n) is 10.5. The molecule has 5 heteroatoms. The molecule has 1 aromatic carbocycles. The first-order valence-electron chi connectivity index (χ1n) is 6.09. The van der Waals surface area contributed by atoms with Crippen LogP contribution in [-0.2, 0) is 0 Å². The summed E-state index contributed by atoms with van der Waals surface area (Å²) >= 11 is 2.22. The van der Waals surface area contributed by atoms with Crippen LogP contribution < -0.4 is 5.32 Å². The summed E-state index contributed by atoms with van der Waals surface area (Å²) in [5.74, 6) is 0. The van der Waals surface area contributed by atoms with Crippen molar-refractivity contribution in [3.63, 3.8) is 0 Å². The van der Waals surface area contributed by atoms with Gasteiger partial charge in [0.25, 0.3) is 0 Å². The van der Waals surface area contributed by atoms with Crippen molar-refractivity contribution >= 4 is 34.3 Å². The largest absolute Gasteiger partial charge is 0.395 e. The third-order valence-corrected chi connectivity index (χ3v) is 3.25. The molecule has 0 aromatic heterocycles. The van der Waals surface area contributed by atoms with Crippen LogP contribution >= 0.6 is 22.6 Å². The Morgan fingerprint density at radius 1 is 1.33 bits per heavy atom. The van der Waals surface area contributed by atoms with Gasteiger partial charge in [-0.3, -0.25) is 0 Å². The molecule has 1 rings (SSSR count). The van der Waals surface area contributed by atoms with Crippen LogP contribution in [0.1, 0.15) is 19.8 Å². The Bertz CT molecular complexity index is 368. The molecule has 0 heterocycles. The lowest BCUT2D eigenvalue weighted by Crippen LogP contribution is -2.37. The van der Waals surface area contributed by atoms with Crippen molar-refractivity contribution < 1.29 is 9.90 Å². The average Bonchev–Trinajstić information content (AvgIpc) is 2.37. The molecule has 0 saturated heterocycles. The lowest BCUT2D eigenvalue weighted by Gasteiger charge is -2.22. The topological polar surface area (TPSA) is 52.6 Å². The highest BCUT2D eigenvalue weighted by molar-refractivity contribution is 14.1. The van der Waals surface area contributed by atoms with Crippen molar-refractivity contribution in [3.05, 3.63) is 27.8 Å². The van der Waals surface area contributed by atoms with Gasteiger partial charge in [-0.2, -0.15) is 0 Å². The molecule has 4 nitrogen and oxygen atoms in total. The molecule has 0 atom stereocenters. The molecule has 0 radical (unpaired) electrons. The number of nitrogens with one attached hydrogen (secondary N) is 1. The Morgan fingerprint density at radius 2 is 2.00 bits per heavy atom. The Labute approximate surface area is 122 Å². The number of aliphatic hydroxyl groups is 1. The number of nitrogens with zero attached hydrogens (tertiary/aromatic N) is 1. The lowest BCUT2D eigenvalue weighted by molar-refractivity contribution is 0.187. The van der Waals surface area contributed by atoms with Crippen LogP contribution in [0.3, 0.4) is 0 Å². The number of halogens is 1. The maximum atomic E-state index is 12.0. The number of carbonyl (C=O) groups excluding carboxylic acids is 1. The van der Waals surface area contributed by atoms with E-state index in [2.05, 4.69) is 34.8 Å². The van der Waals surface area contributed by atoms with Crippen LogP contribution in [-0.4, -0.2) is 35.7 Å². The second-order valence-corrected chi connectivity index (χ2v) is 5.25. The van der Waals surface area contributed by atoms with E-state index in [1.165, 1.54) is 0 Å². The normalized spacial score (nSPS) is 10.2. The minimum atomic E-state index is -0.154. The molecule has 0 spiro atoms. The van der Waals surface area contributed by atoms with Gasteiger partial charge in [0.15, 0.2) is 0 Å². The summed E-state index contributed by atoms with van der Waals surface area (Å²) in [6, 6.07) is 7.48. The number of benzene rings is 1. The SMILES string of the molecule is CCCCN(CCO)C(=O)Nc1ccc(I)cc1. The Morgan fingerprint density at radius 3 is 2.56 bits per heavy atom. The molecule has 0 aliphatic carbocycles. The van der Waals surface area contributed by atoms with Gasteiger partial charge >= 0.3 is 6.03 Å². The number of urea groups is 1. The molecular formula is C13H19IN2O2. The lowest BCUT2D eigenvalue weighted by atomic mass is 10.3. The molecule has 100 valence electrons. The molecule has 18 heavy (non-hydrogen) atoms. The highest BCUT2D eigenvalue weighted by atomic mass is 127. The molecule has 0 aliphatic rings. The molecule has 2 amide bonds. The first-order chi connectivity index (χ1) is 8.67. The number of anilines is 1. The Balaban J connectivity index is 2.57. The minimum Gasteiger partial charge on any atom is -0.395 e. The summed E-state index contributed by atoms with van der Waals surface area (Å²) in [6.45, 7) is 3.11. The number of unbranched alkanes of at least 4 members (excludes halogenated alkanes) is 1. The number of carbonyl (C=O) groups is 1. The fourth-order valence-electron chi connectivity index (χ4n) is 1.52. The van der Waals surface area contributed by atoms with E-state index in [0.717, 1.165) is 22.1 Å². The van der Waals surface area contributed by atoms with Gasteiger partial charge in [0, 0.05) is 22.3 Å². The second-order valence-electron chi connectivity index (χ2n) is 4.00. The van der Waals surface area contributed by atoms with Crippen molar-refractivity contribution in [2.24, 2.45) is 0 Å². The van der Waals surface area contributed by atoms with Crippen molar-refractivity contribution in [1.29, 1.82) is 0 Å². The van der Waals surface area contributed by atoms with Crippen LogP contribution in [0.25, 0.3) is 0 Å². The van der Waals surface area contributed by atoms with Crippen molar-refractivity contribution in [2.45, 2.75) is 19.8 Å². The quantitative estimate of drug-likeness (QED) is 0.765. The highest BCUT2D eigenvalue weighted by Gasteiger charge is 2.12. The number of hydrogen-bond donors (Lipinski definition) is 2. The van der Waals surface area contributed by atoms with E-state index >= 15 is 0 Å². The van der Waals surface area contributed by atoms with Gasteiger partial charge in [-0.15, -0.1) is 0 Å². The highest BCUT2D eigenvalue weighted by Crippen LogP contribution is 2.12. The molecule has 0 saturated carbocycles. The number of hydrogen-bond acceptors (Lipinski definition) is 2. The maximum Gasteiger partial charge on any atom is 0.321 e. The average molecular weight is 362 g/mol. The fourth-order valence-corrected chi connectivity index (χ4v) is 1.88. The number of aliphatic hydroxyl groups excluding tert-OH is 1. The smallest absolute Gasteiger partial charge is 0.321 e. The minimum absolute atomic E-state index is 0.0101. The molecule has 0 aliphatic heterocycles. The van der Waals surface area contributed by atoms with Crippen LogP contribution in [0.5, 0.6) is 0 Å². The predicted molar refractivity (Wildman–Crippen MR) is 81.7 cm³/mol. The van der Waals surface area contributed by atoms with Gasteiger partial charge in [-0.25, -0.2) is 4.79 Å². The van der Waals surface area contributed by atoms with Gasteiger partial charge in [-0.05, 0) is 53.3 Å². The van der Waals surface area contributed by atoms with E-state index in [1.807, 2.05) is 24.3 Å². The zero-order valence-corrected chi connectivity index (χ0v) is 12.7. The van der Waals surface area contributed by atoms with E-state index in [1.54, 1.807) is 4.90 Å². The van der Waals surface area contributed by atoms with E-state index in [0.29, 0.717) is 13.1 Å². The number of rotatable bonds is 6. The number of amides is 2. The van der Waals surface area contributed by atoms with E-state index in [4.69, 9.17) is 5.11 Å². The molecule has 0 fully saturated rings. The maximum absolute atomic E-state index is 12.0. The Hall–Kier alpha value is -0.820. The summed E-state index contributed by atoms with van der Waals surface area (Å²) in [5.41, 5.74) is 0.778. The summed E-state index contributed by atoms with van der Waals surface area (Å²) in [5, 5.41) is 11.8. The summed E-state index contributed by atoms with van der Waals surface area (Å²) in [6.07, 6.45) is 1.97. The van der Waals surface area contributed by atoms with Crippen LogP contribution in [0.15, 0.2) is 24.3 Å². The standard InChI is InChI=1S/C13H19IN2O2/c1-2-3-8-16(9-10-17)13(18)15-12-6-4-11(14)5-7-12/h4-7,17H,2-3,8-10H2,1H3,(H,15,18).